The Kier molecular flexibility index (Phi) is 3.75. The Hall–Kier alpha value is -2.12. The number of anilines is 1. The first-order valence-electron chi connectivity index (χ1n) is 5.55. The molecule has 1 N–H and O–H groups in total. The molecule has 18 heavy (non-hydrogen) atoms. The standard InChI is InChI=1S/C14H13N3S/c1-10-5-3-4-6-13(10)16-8-12(7-15)14-17-11(2)9-18-14/h3-6,8-9,16H,1-2H3/b12-8+. The van der Waals surface area contributed by atoms with Crippen LogP contribution in [0.3, 0.4) is 0 Å². The van der Waals surface area contributed by atoms with E-state index in [0.29, 0.717) is 5.57 Å². The highest BCUT2D eigenvalue weighted by Crippen LogP contribution is 2.20. The van der Waals surface area contributed by atoms with E-state index in [9.17, 15) is 0 Å². The van der Waals surface area contributed by atoms with Gasteiger partial charge in [0.15, 0.2) is 0 Å². The lowest BCUT2D eigenvalue weighted by atomic mass is 10.2. The first-order chi connectivity index (χ1) is 8.70. The molecule has 0 radical (unpaired) electrons. The van der Waals surface area contributed by atoms with Gasteiger partial charge in [-0.15, -0.1) is 11.3 Å². The second-order valence-corrected chi connectivity index (χ2v) is 4.78. The van der Waals surface area contributed by atoms with E-state index in [2.05, 4.69) is 16.4 Å². The highest BCUT2D eigenvalue weighted by molar-refractivity contribution is 7.10. The molecule has 0 saturated carbocycles. The lowest BCUT2D eigenvalue weighted by molar-refractivity contribution is 1.24. The van der Waals surface area contributed by atoms with Gasteiger partial charge in [0.05, 0.1) is 0 Å². The van der Waals surface area contributed by atoms with Crippen LogP contribution in [0.15, 0.2) is 35.8 Å². The van der Waals surface area contributed by atoms with Crippen LogP contribution in [0, 0.1) is 25.2 Å². The zero-order chi connectivity index (χ0) is 13.0. The van der Waals surface area contributed by atoms with Gasteiger partial charge in [0.2, 0.25) is 0 Å². The molecule has 1 heterocycles. The number of hydrogen-bond donors (Lipinski definition) is 1. The maximum atomic E-state index is 9.14. The minimum absolute atomic E-state index is 0.552. The van der Waals surface area contributed by atoms with Crippen LogP contribution in [0.5, 0.6) is 0 Å². The molecule has 0 atom stereocenters. The summed E-state index contributed by atoms with van der Waals surface area (Å²) >= 11 is 1.48. The molecule has 0 saturated heterocycles. The van der Waals surface area contributed by atoms with Crippen LogP contribution in [0.4, 0.5) is 5.69 Å². The number of para-hydroxylation sites is 1. The normalized spacial score (nSPS) is 11.1. The molecular formula is C14H13N3S. The fourth-order valence-electron chi connectivity index (χ4n) is 1.50. The van der Waals surface area contributed by atoms with Gasteiger partial charge in [-0.3, -0.25) is 0 Å². The minimum Gasteiger partial charge on any atom is -0.360 e. The molecule has 1 aromatic heterocycles. The Morgan fingerprint density at radius 3 is 2.78 bits per heavy atom. The van der Waals surface area contributed by atoms with Crippen LogP contribution in [0.25, 0.3) is 5.57 Å². The topological polar surface area (TPSA) is 48.7 Å². The second kappa shape index (κ2) is 5.48. The summed E-state index contributed by atoms with van der Waals surface area (Å²) < 4.78 is 0. The van der Waals surface area contributed by atoms with Crippen LogP contribution in [0.2, 0.25) is 0 Å². The molecule has 0 aliphatic heterocycles. The highest BCUT2D eigenvalue weighted by atomic mass is 32.1. The zero-order valence-corrected chi connectivity index (χ0v) is 11.1. The SMILES string of the molecule is Cc1csc(/C(C#N)=C/Nc2ccccc2C)n1. The number of rotatable bonds is 3. The molecule has 1 aromatic carbocycles. The predicted molar refractivity (Wildman–Crippen MR) is 75.2 cm³/mol. The fourth-order valence-corrected chi connectivity index (χ4v) is 2.27. The summed E-state index contributed by atoms with van der Waals surface area (Å²) in [5, 5.41) is 15.0. The van der Waals surface area contributed by atoms with Crippen LogP contribution in [0.1, 0.15) is 16.3 Å². The molecule has 0 aliphatic carbocycles. The molecule has 4 heteroatoms. The molecule has 2 aromatic rings. The zero-order valence-electron chi connectivity index (χ0n) is 10.3. The Bertz CT molecular complexity index is 620. The Morgan fingerprint density at radius 1 is 1.39 bits per heavy atom. The van der Waals surface area contributed by atoms with Gasteiger partial charge >= 0.3 is 0 Å². The summed E-state index contributed by atoms with van der Waals surface area (Å²) in [6.45, 7) is 3.94. The Morgan fingerprint density at radius 2 is 2.17 bits per heavy atom. The third kappa shape index (κ3) is 2.76. The van der Waals surface area contributed by atoms with Gasteiger partial charge < -0.3 is 5.32 Å². The summed E-state index contributed by atoms with van der Waals surface area (Å²) in [6, 6.07) is 10.1. The lowest BCUT2D eigenvalue weighted by Gasteiger charge is -2.04. The van der Waals surface area contributed by atoms with Gasteiger partial charge in [-0.2, -0.15) is 5.26 Å². The summed E-state index contributed by atoms with van der Waals surface area (Å²) in [5.41, 5.74) is 3.63. The van der Waals surface area contributed by atoms with Crippen molar-refractivity contribution in [1.82, 2.24) is 4.98 Å². The van der Waals surface area contributed by atoms with E-state index in [4.69, 9.17) is 5.26 Å². The molecule has 0 spiro atoms. The van der Waals surface area contributed by atoms with Gasteiger partial charge in [0.25, 0.3) is 0 Å². The van der Waals surface area contributed by atoms with Gasteiger partial charge in [0, 0.05) is 23.0 Å². The third-order valence-corrected chi connectivity index (χ3v) is 3.48. The molecule has 90 valence electrons. The summed E-state index contributed by atoms with van der Waals surface area (Å²) in [4.78, 5) is 4.30. The minimum atomic E-state index is 0.552. The summed E-state index contributed by atoms with van der Waals surface area (Å²) in [5.74, 6) is 0. The quantitative estimate of drug-likeness (QED) is 0.850. The molecule has 0 amide bonds. The van der Waals surface area contributed by atoms with Crippen molar-refractivity contribution in [1.29, 1.82) is 5.26 Å². The number of hydrogen-bond acceptors (Lipinski definition) is 4. The van der Waals surface area contributed by atoms with E-state index < -0.39 is 0 Å². The van der Waals surface area contributed by atoms with Crippen LogP contribution >= 0.6 is 11.3 Å². The number of nitrogens with zero attached hydrogens (tertiary/aromatic N) is 2. The average Bonchev–Trinajstić information content (AvgIpc) is 2.79. The number of allylic oxidation sites excluding steroid dienone is 1. The average molecular weight is 255 g/mol. The van der Waals surface area contributed by atoms with Crippen molar-refractivity contribution in [3.8, 4) is 6.07 Å². The predicted octanol–water partition coefficient (Wildman–Crippen LogP) is 3.74. The van der Waals surface area contributed by atoms with E-state index in [0.717, 1.165) is 22.0 Å². The maximum Gasteiger partial charge on any atom is 0.135 e. The van der Waals surface area contributed by atoms with Crippen molar-refractivity contribution in [3.63, 3.8) is 0 Å². The van der Waals surface area contributed by atoms with Gasteiger partial charge in [-0.05, 0) is 25.5 Å². The monoisotopic (exact) mass is 255 g/mol. The van der Waals surface area contributed by atoms with E-state index >= 15 is 0 Å². The number of nitriles is 1. The van der Waals surface area contributed by atoms with Gasteiger partial charge in [0.1, 0.15) is 16.6 Å². The first-order valence-corrected chi connectivity index (χ1v) is 6.43. The molecule has 2 rings (SSSR count). The van der Waals surface area contributed by atoms with E-state index in [-0.39, 0.29) is 0 Å². The first kappa shape index (κ1) is 12.3. The van der Waals surface area contributed by atoms with Crippen molar-refractivity contribution in [3.05, 3.63) is 52.1 Å². The van der Waals surface area contributed by atoms with Crippen molar-refractivity contribution in [2.45, 2.75) is 13.8 Å². The second-order valence-electron chi connectivity index (χ2n) is 3.92. The molecule has 3 nitrogen and oxygen atoms in total. The molecule has 0 unspecified atom stereocenters. The number of aryl methyl sites for hydroxylation is 2. The van der Waals surface area contributed by atoms with Crippen LogP contribution in [-0.4, -0.2) is 4.98 Å². The molecule has 0 fully saturated rings. The van der Waals surface area contributed by atoms with E-state index in [1.165, 1.54) is 11.3 Å². The van der Waals surface area contributed by atoms with Crippen molar-refractivity contribution in [2.24, 2.45) is 0 Å². The van der Waals surface area contributed by atoms with Crippen LogP contribution in [-0.2, 0) is 0 Å². The van der Waals surface area contributed by atoms with Crippen molar-refractivity contribution < 1.29 is 0 Å². The number of aromatic nitrogens is 1. The fraction of sp³-hybridized carbons (Fsp3) is 0.143. The highest BCUT2D eigenvalue weighted by Gasteiger charge is 2.05. The van der Waals surface area contributed by atoms with E-state index in [1.807, 2.05) is 43.5 Å². The molecule has 0 aliphatic rings. The largest absolute Gasteiger partial charge is 0.360 e. The third-order valence-electron chi connectivity index (χ3n) is 2.49. The number of benzene rings is 1. The van der Waals surface area contributed by atoms with Gasteiger partial charge in [-0.1, -0.05) is 18.2 Å². The number of nitrogens with one attached hydrogen (secondary N) is 1. The van der Waals surface area contributed by atoms with Crippen molar-refractivity contribution >= 4 is 22.6 Å². The van der Waals surface area contributed by atoms with Crippen LogP contribution < -0.4 is 5.32 Å². The van der Waals surface area contributed by atoms with E-state index in [1.54, 1.807) is 6.20 Å². The Balaban J connectivity index is 2.22. The van der Waals surface area contributed by atoms with Gasteiger partial charge in [-0.25, -0.2) is 4.98 Å². The Labute approximate surface area is 110 Å². The number of thiazole rings is 1. The molecular weight excluding hydrogens is 242 g/mol. The summed E-state index contributed by atoms with van der Waals surface area (Å²) in [7, 11) is 0. The lowest BCUT2D eigenvalue weighted by Crippen LogP contribution is -1.93. The van der Waals surface area contributed by atoms with Crippen molar-refractivity contribution in [2.75, 3.05) is 5.32 Å². The maximum absolute atomic E-state index is 9.14. The summed E-state index contributed by atoms with van der Waals surface area (Å²) in [6.07, 6.45) is 1.71. The molecule has 0 bridgehead atoms. The smallest absolute Gasteiger partial charge is 0.135 e.